The summed E-state index contributed by atoms with van der Waals surface area (Å²) in [5, 5.41) is 17.3. The number of carbonyl (C=O) groups excluding carboxylic acids is 1. The van der Waals surface area contributed by atoms with Gasteiger partial charge in [0.2, 0.25) is 0 Å². The van der Waals surface area contributed by atoms with E-state index in [-0.39, 0.29) is 25.3 Å². The molecule has 0 radical (unpaired) electrons. The monoisotopic (exact) mass is 383 g/mol. The molecule has 0 aromatic heterocycles. The summed E-state index contributed by atoms with van der Waals surface area (Å²) in [6.45, 7) is 0.174. The Morgan fingerprint density at radius 3 is 2.36 bits per heavy atom. The number of carboxylic acid groups (broad SMARTS) is 2. The Morgan fingerprint density at radius 1 is 0.893 bits per heavy atom. The van der Waals surface area contributed by atoms with Crippen LogP contribution in [0.25, 0.3) is 11.1 Å². The second kappa shape index (κ2) is 8.34. The molecule has 0 bridgehead atoms. The lowest BCUT2D eigenvalue weighted by molar-refractivity contribution is -0.138. The van der Waals surface area contributed by atoms with Crippen LogP contribution in [-0.4, -0.2) is 34.4 Å². The Labute approximate surface area is 160 Å². The number of hydrogen-bond donors (Lipinski definition) is 2. The molecule has 0 aliphatic heterocycles. The molecule has 28 heavy (non-hydrogen) atoms. The van der Waals surface area contributed by atoms with Gasteiger partial charge in [-0.1, -0.05) is 42.5 Å². The Balaban J connectivity index is 1.75. The predicted molar refractivity (Wildman–Crippen MR) is 98.3 cm³/mol. The van der Waals surface area contributed by atoms with Crippen LogP contribution in [0.1, 0.15) is 29.5 Å². The highest BCUT2D eigenvalue weighted by Crippen LogP contribution is 2.38. The zero-order valence-electron chi connectivity index (χ0n) is 14.8. The van der Waals surface area contributed by atoms with Crippen LogP contribution in [0.4, 0.5) is 9.59 Å². The molecule has 0 atom stereocenters. The second-order valence-electron chi connectivity index (χ2n) is 6.10. The van der Waals surface area contributed by atoms with Crippen LogP contribution in [0.2, 0.25) is 0 Å². The van der Waals surface area contributed by atoms with Crippen LogP contribution in [0.15, 0.2) is 47.5 Å². The minimum absolute atomic E-state index is 0.174. The molecule has 0 unspecified atom stereocenters. The van der Waals surface area contributed by atoms with Crippen LogP contribution in [0, 0.1) is 0 Å². The summed E-state index contributed by atoms with van der Waals surface area (Å²) < 4.78 is 8.60. The molecule has 0 saturated carbocycles. The van der Waals surface area contributed by atoms with E-state index in [9.17, 15) is 14.4 Å². The van der Waals surface area contributed by atoms with Gasteiger partial charge in [0.15, 0.2) is 5.90 Å². The summed E-state index contributed by atoms with van der Waals surface area (Å²) >= 11 is 0. The lowest BCUT2D eigenvalue weighted by Crippen LogP contribution is -2.15. The van der Waals surface area contributed by atoms with Crippen molar-refractivity contribution in [2.75, 3.05) is 0 Å². The van der Waals surface area contributed by atoms with E-state index in [0.717, 1.165) is 23.1 Å². The van der Waals surface area contributed by atoms with Crippen molar-refractivity contribution in [3.8, 4) is 11.1 Å². The van der Waals surface area contributed by atoms with E-state index >= 15 is 0 Å². The molecule has 0 spiro atoms. The third-order valence-corrected chi connectivity index (χ3v) is 4.32. The highest BCUT2D eigenvalue weighted by molar-refractivity contribution is 5.89. The third-order valence-electron chi connectivity index (χ3n) is 4.32. The van der Waals surface area contributed by atoms with Crippen LogP contribution in [0.5, 0.6) is 0 Å². The van der Waals surface area contributed by atoms with Crippen molar-refractivity contribution in [3.05, 3.63) is 59.2 Å². The molecule has 3 rings (SSSR count). The number of hydrogen-bond acceptors (Lipinski definition) is 6. The SMILES string of the molecule is O=C(O)OC(=O)CC/C(=N/Cc1cccc2c1Cc1ccccc1-2)OC(=O)O. The topological polar surface area (TPSA) is 122 Å². The number of nitrogens with zero attached hydrogens (tertiary/aromatic N) is 1. The van der Waals surface area contributed by atoms with Gasteiger partial charge in [-0.3, -0.25) is 9.79 Å². The molecular formula is C20H17NO7. The number of benzene rings is 2. The minimum Gasteiger partial charge on any atom is -0.449 e. The Kier molecular flexibility index (Phi) is 5.69. The lowest BCUT2D eigenvalue weighted by Gasteiger charge is -2.08. The predicted octanol–water partition coefficient (Wildman–Crippen LogP) is 3.85. The average Bonchev–Trinajstić information content (AvgIpc) is 3.02. The summed E-state index contributed by atoms with van der Waals surface area (Å²) in [6, 6.07) is 13.9. The maximum Gasteiger partial charge on any atom is 0.513 e. The molecule has 0 heterocycles. The largest absolute Gasteiger partial charge is 0.513 e. The third kappa shape index (κ3) is 4.53. The van der Waals surface area contributed by atoms with Crippen molar-refractivity contribution >= 4 is 24.2 Å². The van der Waals surface area contributed by atoms with Crippen molar-refractivity contribution < 1.29 is 34.1 Å². The van der Waals surface area contributed by atoms with Gasteiger partial charge in [0, 0.05) is 6.42 Å². The molecule has 0 amide bonds. The maximum absolute atomic E-state index is 11.3. The Hall–Kier alpha value is -3.68. The molecule has 0 fully saturated rings. The van der Waals surface area contributed by atoms with Gasteiger partial charge >= 0.3 is 18.3 Å². The lowest BCUT2D eigenvalue weighted by atomic mass is 10.0. The smallest absolute Gasteiger partial charge is 0.449 e. The first-order valence-corrected chi connectivity index (χ1v) is 8.51. The maximum atomic E-state index is 11.3. The average molecular weight is 383 g/mol. The van der Waals surface area contributed by atoms with Crippen LogP contribution in [-0.2, 0) is 27.2 Å². The first-order chi connectivity index (χ1) is 13.4. The summed E-state index contributed by atoms with van der Waals surface area (Å²) in [4.78, 5) is 36.7. The summed E-state index contributed by atoms with van der Waals surface area (Å²) in [7, 11) is 0. The van der Waals surface area contributed by atoms with E-state index in [0.29, 0.717) is 0 Å². The van der Waals surface area contributed by atoms with Gasteiger partial charge in [0.1, 0.15) is 0 Å². The van der Waals surface area contributed by atoms with Crippen LogP contribution >= 0.6 is 0 Å². The van der Waals surface area contributed by atoms with Crippen molar-refractivity contribution in [3.63, 3.8) is 0 Å². The quantitative estimate of drug-likeness (QED) is 0.297. The van der Waals surface area contributed by atoms with Crippen molar-refractivity contribution in [2.45, 2.75) is 25.8 Å². The number of ether oxygens (including phenoxy) is 2. The molecule has 0 saturated heterocycles. The van der Waals surface area contributed by atoms with Gasteiger partial charge in [0.25, 0.3) is 0 Å². The van der Waals surface area contributed by atoms with Gasteiger partial charge in [-0.2, -0.15) is 0 Å². The molecular weight excluding hydrogens is 366 g/mol. The molecule has 2 aromatic carbocycles. The van der Waals surface area contributed by atoms with E-state index in [4.69, 9.17) is 10.2 Å². The van der Waals surface area contributed by atoms with Crippen LogP contribution in [0.3, 0.4) is 0 Å². The van der Waals surface area contributed by atoms with Crippen molar-refractivity contribution in [2.24, 2.45) is 4.99 Å². The molecule has 1 aliphatic carbocycles. The second-order valence-corrected chi connectivity index (χ2v) is 6.10. The molecule has 2 aromatic rings. The Morgan fingerprint density at radius 2 is 1.61 bits per heavy atom. The van der Waals surface area contributed by atoms with Gasteiger partial charge in [-0.05, 0) is 34.2 Å². The highest BCUT2D eigenvalue weighted by Gasteiger charge is 2.20. The number of carbonyl (C=O) groups is 3. The normalized spacial score (nSPS) is 12.1. The summed E-state index contributed by atoms with van der Waals surface area (Å²) in [6.07, 6.45) is -3.07. The van der Waals surface area contributed by atoms with E-state index < -0.39 is 18.3 Å². The summed E-state index contributed by atoms with van der Waals surface area (Å²) in [5.41, 5.74) is 5.55. The molecule has 1 aliphatic rings. The first kappa shape index (κ1) is 19.1. The van der Waals surface area contributed by atoms with Gasteiger partial charge in [-0.15, -0.1) is 0 Å². The van der Waals surface area contributed by atoms with Crippen LogP contribution < -0.4 is 0 Å². The van der Waals surface area contributed by atoms with E-state index in [1.807, 2.05) is 30.3 Å². The van der Waals surface area contributed by atoms with Gasteiger partial charge in [-0.25, -0.2) is 9.59 Å². The van der Waals surface area contributed by atoms with E-state index in [1.165, 1.54) is 11.1 Å². The molecule has 144 valence electrons. The van der Waals surface area contributed by atoms with Crippen molar-refractivity contribution in [1.29, 1.82) is 0 Å². The number of fused-ring (bicyclic) bond motifs is 3. The van der Waals surface area contributed by atoms with Crippen molar-refractivity contribution in [1.82, 2.24) is 0 Å². The zero-order chi connectivity index (χ0) is 20.1. The number of aliphatic imine (C=N–C) groups is 1. The molecule has 8 heteroatoms. The number of rotatable bonds is 5. The molecule has 2 N–H and O–H groups in total. The zero-order valence-corrected chi connectivity index (χ0v) is 14.8. The fourth-order valence-electron chi connectivity index (χ4n) is 3.17. The summed E-state index contributed by atoms with van der Waals surface area (Å²) in [5.74, 6) is -1.19. The van der Waals surface area contributed by atoms with Gasteiger partial charge < -0.3 is 19.7 Å². The minimum atomic E-state index is -1.72. The van der Waals surface area contributed by atoms with E-state index in [1.54, 1.807) is 0 Å². The Bertz CT molecular complexity index is 965. The van der Waals surface area contributed by atoms with Gasteiger partial charge in [0.05, 0.1) is 13.0 Å². The number of esters is 1. The fraction of sp³-hybridized carbons (Fsp3) is 0.200. The molecule has 8 nitrogen and oxygen atoms in total. The highest BCUT2D eigenvalue weighted by atomic mass is 16.7. The standard InChI is InChI=1S/C20H17NO7/c22-18(28-20(25)26)9-8-17(27-19(23)24)21-11-13-5-3-7-15-14-6-2-1-4-12(14)10-16(13)15/h1-7H,8-11H2,(H,23,24)(H,25,26)/b21-17-. The first-order valence-electron chi connectivity index (χ1n) is 8.51. The van der Waals surface area contributed by atoms with E-state index in [2.05, 4.69) is 26.6 Å². The fourth-order valence-corrected chi connectivity index (χ4v) is 3.17.